The first-order valence-electron chi connectivity index (χ1n) is 6.36. The number of hydrogen-bond acceptors (Lipinski definition) is 4. The normalized spacial score (nSPS) is 13.0. The minimum atomic E-state index is -0.728. The summed E-state index contributed by atoms with van der Waals surface area (Å²) in [6, 6.07) is 8.07. The number of benzene rings is 1. The molecule has 0 saturated heterocycles. The summed E-state index contributed by atoms with van der Waals surface area (Å²) >= 11 is 0. The lowest BCUT2D eigenvalue weighted by molar-refractivity contribution is -0.112. The summed E-state index contributed by atoms with van der Waals surface area (Å²) in [4.78, 5) is 28.7. The van der Waals surface area contributed by atoms with Crippen LogP contribution in [0.3, 0.4) is 0 Å². The first-order valence-corrected chi connectivity index (χ1v) is 6.36. The Morgan fingerprint density at radius 3 is 2.81 bits per heavy atom. The molecule has 21 heavy (non-hydrogen) atoms. The Balaban J connectivity index is 1.91. The van der Waals surface area contributed by atoms with E-state index < -0.39 is 17.5 Å². The van der Waals surface area contributed by atoms with Crippen LogP contribution in [0.1, 0.15) is 16.1 Å². The van der Waals surface area contributed by atoms with Crippen LogP contribution in [0.5, 0.6) is 0 Å². The molecule has 0 fully saturated rings. The number of pyridine rings is 1. The number of nitrogens with zero attached hydrogens (tertiary/aromatic N) is 2. The highest BCUT2D eigenvalue weighted by molar-refractivity contribution is 6.51. The monoisotopic (exact) mass is 285 g/mol. The number of carbonyl (C=O) groups excluding carboxylic acids is 2. The number of ketones is 1. The van der Waals surface area contributed by atoms with Crippen LogP contribution in [0.15, 0.2) is 36.5 Å². The minimum absolute atomic E-state index is 0.0764. The van der Waals surface area contributed by atoms with Crippen LogP contribution in [0.2, 0.25) is 0 Å². The van der Waals surface area contributed by atoms with Crippen molar-refractivity contribution >= 4 is 23.1 Å². The standard InChI is InChI=1S/C15H12FN3O2/c1-19(8-9-4-2-3-5-17-9)13-7-12-10(6-11(13)16)14(20)15(21)18-12/h2-7H,8H2,1H3,(H,18,20,21). The lowest BCUT2D eigenvalue weighted by atomic mass is 10.1. The quantitative estimate of drug-likeness (QED) is 0.876. The Labute approximate surface area is 120 Å². The molecule has 0 bridgehead atoms. The fraction of sp³-hybridized carbons (Fsp3) is 0.133. The highest BCUT2D eigenvalue weighted by atomic mass is 19.1. The van der Waals surface area contributed by atoms with Crippen LogP contribution in [0.25, 0.3) is 0 Å². The van der Waals surface area contributed by atoms with E-state index in [9.17, 15) is 14.0 Å². The van der Waals surface area contributed by atoms with Gasteiger partial charge in [0.2, 0.25) is 0 Å². The van der Waals surface area contributed by atoms with Crippen molar-refractivity contribution < 1.29 is 14.0 Å². The third-order valence-electron chi connectivity index (χ3n) is 3.32. The number of hydrogen-bond donors (Lipinski definition) is 1. The number of carbonyl (C=O) groups is 2. The molecule has 0 saturated carbocycles. The summed E-state index contributed by atoms with van der Waals surface area (Å²) in [5, 5.41) is 2.44. The van der Waals surface area contributed by atoms with Gasteiger partial charge in [0.1, 0.15) is 5.82 Å². The maximum absolute atomic E-state index is 14.1. The maximum atomic E-state index is 14.1. The van der Waals surface area contributed by atoms with Gasteiger partial charge in [0.05, 0.1) is 29.2 Å². The molecule has 0 spiro atoms. The Morgan fingerprint density at radius 1 is 1.29 bits per heavy atom. The van der Waals surface area contributed by atoms with E-state index in [0.29, 0.717) is 17.9 Å². The summed E-state index contributed by atoms with van der Waals surface area (Å²) < 4.78 is 14.1. The zero-order valence-corrected chi connectivity index (χ0v) is 11.3. The van der Waals surface area contributed by atoms with Gasteiger partial charge in [-0.05, 0) is 24.3 Å². The van der Waals surface area contributed by atoms with E-state index in [4.69, 9.17) is 0 Å². The lowest BCUT2D eigenvalue weighted by Crippen LogP contribution is -2.18. The molecule has 2 aromatic rings. The Morgan fingerprint density at radius 2 is 2.10 bits per heavy atom. The number of Topliss-reactive ketones (excluding diaryl/α,β-unsaturated/α-hetero) is 1. The van der Waals surface area contributed by atoms with Gasteiger partial charge >= 0.3 is 0 Å². The van der Waals surface area contributed by atoms with Crippen LogP contribution in [0, 0.1) is 5.82 Å². The fourth-order valence-corrected chi connectivity index (χ4v) is 2.27. The molecule has 2 heterocycles. The smallest absolute Gasteiger partial charge is 0.296 e. The second kappa shape index (κ2) is 4.97. The highest BCUT2D eigenvalue weighted by Gasteiger charge is 2.30. The number of aromatic nitrogens is 1. The molecule has 1 aliphatic rings. The number of amides is 1. The van der Waals surface area contributed by atoms with Crippen LogP contribution in [-0.2, 0) is 11.3 Å². The predicted octanol–water partition coefficient (Wildman–Crippen LogP) is 1.99. The topological polar surface area (TPSA) is 62.3 Å². The van der Waals surface area contributed by atoms with Crippen molar-refractivity contribution in [1.29, 1.82) is 0 Å². The van der Waals surface area contributed by atoms with Crippen molar-refractivity contribution in [3.63, 3.8) is 0 Å². The highest BCUT2D eigenvalue weighted by Crippen LogP contribution is 2.31. The molecule has 5 nitrogen and oxygen atoms in total. The van der Waals surface area contributed by atoms with Crippen LogP contribution >= 0.6 is 0 Å². The van der Waals surface area contributed by atoms with E-state index in [2.05, 4.69) is 10.3 Å². The molecule has 0 aliphatic carbocycles. The second-order valence-corrected chi connectivity index (χ2v) is 4.81. The predicted molar refractivity (Wildman–Crippen MR) is 75.7 cm³/mol. The van der Waals surface area contributed by atoms with Crippen molar-refractivity contribution in [2.75, 3.05) is 17.3 Å². The van der Waals surface area contributed by atoms with Gasteiger partial charge in [-0.15, -0.1) is 0 Å². The van der Waals surface area contributed by atoms with Crippen LogP contribution in [-0.4, -0.2) is 23.7 Å². The average molecular weight is 285 g/mol. The Hall–Kier alpha value is -2.76. The zero-order chi connectivity index (χ0) is 15.0. The van der Waals surface area contributed by atoms with E-state index in [1.54, 1.807) is 24.2 Å². The van der Waals surface area contributed by atoms with Gasteiger partial charge in [0.25, 0.3) is 11.7 Å². The molecular weight excluding hydrogens is 273 g/mol. The van der Waals surface area contributed by atoms with Crippen molar-refractivity contribution in [1.82, 2.24) is 4.98 Å². The number of rotatable bonds is 3. The number of anilines is 2. The fourth-order valence-electron chi connectivity index (χ4n) is 2.27. The van der Waals surface area contributed by atoms with Crippen LogP contribution < -0.4 is 10.2 Å². The van der Waals surface area contributed by atoms with E-state index >= 15 is 0 Å². The van der Waals surface area contributed by atoms with Gasteiger partial charge in [-0.3, -0.25) is 14.6 Å². The molecule has 1 aliphatic heterocycles. The lowest BCUT2D eigenvalue weighted by Gasteiger charge is -2.20. The number of nitrogens with one attached hydrogen (secondary N) is 1. The van der Waals surface area contributed by atoms with Crippen LogP contribution in [0.4, 0.5) is 15.8 Å². The largest absolute Gasteiger partial charge is 0.366 e. The van der Waals surface area contributed by atoms with Gasteiger partial charge in [-0.2, -0.15) is 0 Å². The maximum Gasteiger partial charge on any atom is 0.296 e. The molecule has 0 unspecified atom stereocenters. The summed E-state index contributed by atoms with van der Waals surface area (Å²) in [5.41, 5.74) is 1.51. The van der Waals surface area contributed by atoms with Gasteiger partial charge in [0, 0.05) is 13.2 Å². The molecule has 0 radical (unpaired) electrons. The van der Waals surface area contributed by atoms with Gasteiger partial charge in [0.15, 0.2) is 0 Å². The van der Waals surface area contributed by atoms with E-state index in [1.807, 2.05) is 12.1 Å². The molecule has 0 atom stereocenters. The number of halogens is 1. The molecule has 106 valence electrons. The molecular formula is C15H12FN3O2. The van der Waals surface area contributed by atoms with E-state index in [1.165, 1.54) is 6.07 Å². The third kappa shape index (κ3) is 2.35. The number of fused-ring (bicyclic) bond motifs is 1. The summed E-state index contributed by atoms with van der Waals surface area (Å²) in [7, 11) is 1.72. The molecule has 1 N–H and O–H groups in total. The van der Waals surface area contributed by atoms with Crippen molar-refractivity contribution in [3.05, 3.63) is 53.6 Å². The first kappa shape index (κ1) is 13.2. The van der Waals surface area contributed by atoms with E-state index in [0.717, 1.165) is 11.8 Å². The van der Waals surface area contributed by atoms with Gasteiger partial charge in [-0.25, -0.2) is 4.39 Å². The van der Waals surface area contributed by atoms with Crippen molar-refractivity contribution in [2.45, 2.75) is 6.54 Å². The van der Waals surface area contributed by atoms with Gasteiger partial charge < -0.3 is 10.2 Å². The summed E-state index contributed by atoms with van der Waals surface area (Å²) in [5.74, 6) is -1.98. The van der Waals surface area contributed by atoms with Crippen molar-refractivity contribution in [2.24, 2.45) is 0 Å². The molecule has 1 aromatic heterocycles. The third-order valence-corrected chi connectivity index (χ3v) is 3.32. The second-order valence-electron chi connectivity index (χ2n) is 4.81. The zero-order valence-electron chi connectivity index (χ0n) is 11.3. The molecule has 1 aromatic carbocycles. The summed E-state index contributed by atoms with van der Waals surface area (Å²) in [6.45, 7) is 0.415. The Bertz CT molecular complexity index is 731. The summed E-state index contributed by atoms with van der Waals surface area (Å²) in [6.07, 6.45) is 1.67. The van der Waals surface area contributed by atoms with E-state index in [-0.39, 0.29) is 5.56 Å². The Kier molecular flexibility index (Phi) is 3.13. The van der Waals surface area contributed by atoms with Crippen molar-refractivity contribution in [3.8, 4) is 0 Å². The molecule has 6 heteroatoms. The molecule has 3 rings (SSSR count). The minimum Gasteiger partial charge on any atom is -0.366 e. The van der Waals surface area contributed by atoms with Gasteiger partial charge in [-0.1, -0.05) is 6.07 Å². The SMILES string of the molecule is CN(Cc1ccccn1)c1cc2c(cc1F)C(=O)C(=O)N2. The first-order chi connectivity index (χ1) is 10.1. The average Bonchev–Trinajstić information content (AvgIpc) is 2.74. The molecule has 1 amide bonds.